The second-order valence-corrected chi connectivity index (χ2v) is 5.99. The van der Waals surface area contributed by atoms with Crippen LogP contribution in [-0.4, -0.2) is 26.3 Å². The van der Waals surface area contributed by atoms with E-state index in [0.29, 0.717) is 23.6 Å². The Labute approximate surface area is 128 Å². The molecular weight excluding hydrogens is 304 g/mol. The topological polar surface area (TPSA) is 102 Å². The Kier molecular flexibility index (Phi) is 4.79. The Morgan fingerprint density at radius 2 is 2.00 bits per heavy atom. The number of ether oxygens (including phenoxy) is 1. The largest absolute Gasteiger partial charge is 0.504 e. The van der Waals surface area contributed by atoms with E-state index in [1.807, 2.05) is 6.92 Å². The van der Waals surface area contributed by atoms with Crippen molar-refractivity contribution in [3.8, 4) is 11.5 Å². The molecule has 7 heteroatoms. The van der Waals surface area contributed by atoms with Gasteiger partial charge in [-0.1, -0.05) is 12.1 Å². The second-order valence-electron chi connectivity index (χ2n) is 4.43. The Morgan fingerprint density at radius 3 is 2.68 bits per heavy atom. The van der Waals surface area contributed by atoms with Crippen molar-refractivity contribution in [2.45, 2.75) is 11.8 Å². The first kappa shape index (κ1) is 16.0. The predicted molar refractivity (Wildman–Crippen MR) is 84.3 cm³/mol. The summed E-state index contributed by atoms with van der Waals surface area (Å²) in [7, 11) is -3.77. The van der Waals surface area contributed by atoms with Gasteiger partial charge in [0.25, 0.3) is 0 Å². The molecule has 0 saturated carbocycles. The minimum Gasteiger partial charge on any atom is -0.504 e. The summed E-state index contributed by atoms with van der Waals surface area (Å²) < 4.78 is 27.9. The molecule has 6 nitrogen and oxygen atoms in total. The van der Waals surface area contributed by atoms with Gasteiger partial charge in [0.15, 0.2) is 11.5 Å². The van der Waals surface area contributed by atoms with Crippen molar-refractivity contribution < 1.29 is 18.3 Å². The molecule has 0 fully saturated rings. The summed E-state index contributed by atoms with van der Waals surface area (Å²) in [5.74, 6) is 0.348. The maximum absolute atomic E-state index is 11.3. The van der Waals surface area contributed by atoms with E-state index in [9.17, 15) is 13.5 Å². The number of benzene rings is 2. The van der Waals surface area contributed by atoms with Crippen LogP contribution in [0, 0.1) is 0 Å². The molecule has 0 bridgehead atoms. The highest BCUT2D eigenvalue weighted by atomic mass is 32.2. The van der Waals surface area contributed by atoms with Crippen LogP contribution in [0.3, 0.4) is 0 Å². The van der Waals surface area contributed by atoms with E-state index >= 15 is 0 Å². The fourth-order valence-corrected chi connectivity index (χ4v) is 2.35. The number of primary sulfonamides is 1. The number of nitrogens with zero attached hydrogens (tertiary/aromatic N) is 1. The zero-order chi connectivity index (χ0) is 16.2. The van der Waals surface area contributed by atoms with Crippen molar-refractivity contribution in [1.29, 1.82) is 0 Å². The van der Waals surface area contributed by atoms with Crippen LogP contribution in [0.2, 0.25) is 0 Å². The second kappa shape index (κ2) is 6.59. The van der Waals surface area contributed by atoms with Gasteiger partial charge in [0.05, 0.1) is 17.2 Å². The van der Waals surface area contributed by atoms with Gasteiger partial charge >= 0.3 is 0 Å². The van der Waals surface area contributed by atoms with Gasteiger partial charge < -0.3 is 9.84 Å². The average molecular weight is 320 g/mol. The molecule has 2 aromatic carbocycles. The summed E-state index contributed by atoms with van der Waals surface area (Å²) in [6.07, 6.45) is 1.43. The predicted octanol–water partition coefficient (Wildman–Crippen LogP) is 2.19. The summed E-state index contributed by atoms with van der Waals surface area (Å²) in [5.41, 5.74) is 0.875. The molecule has 0 amide bonds. The Morgan fingerprint density at radius 1 is 1.27 bits per heavy atom. The van der Waals surface area contributed by atoms with Crippen molar-refractivity contribution in [1.82, 2.24) is 0 Å². The Hall–Kier alpha value is -2.38. The summed E-state index contributed by atoms with van der Waals surface area (Å²) >= 11 is 0. The van der Waals surface area contributed by atoms with Crippen LogP contribution in [0.4, 0.5) is 5.69 Å². The third-order valence-corrected chi connectivity index (χ3v) is 3.74. The monoisotopic (exact) mass is 320 g/mol. The summed E-state index contributed by atoms with van der Waals surface area (Å²) in [6.45, 7) is 2.25. The van der Waals surface area contributed by atoms with E-state index in [1.54, 1.807) is 30.3 Å². The standard InChI is InChI=1S/C15H16N2O4S/c1-2-21-14-8-3-5-11(15(14)18)10-17-12-6-4-7-13(9-12)22(16,19)20/h3-10,18H,2H2,1H3,(H2,16,19,20). The number of rotatable bonds is 5. The van der Waals surface area contributed by atoms with Gasteiger partial charge in [-0.05, 0) is 37.3 Å². The number of aromatic hydroxyl groups is 1. The Balaban J connectivity index is 2.32. The lowest BCUT2D eigenvalue weighted by Crippen LogP contribution is -2.11. The van der Waals surface area contributed by atoms with Gasteiger partial charge in [-0.25, -0.2) is 13.6 Å². The molecule has 3 N–H and O–H groups in total. The molecule has 0 aromatic heterocycles. The van der Waals surface area contributed by atoms with E-state index in [4.69, 9.17) is 9.88 Å². The van der Waals surface area contributed by atoms with Gasteiger partial charge in [-0.2, -0.15) is 0 Å². The number of phenolic OH excluding ortho intramolecular Hbond substituents is 1. The number of hydrogen-bond acceptors (Lipinski definition) is 5. The molecule has 0 aliphatic carbocycles. The van der Waals surface area contributed by atoms with Crippen LogP contribution in [0.5, 0.6) is 11.5 Å². The first-order valence-corrected chi connectivity index (χ1v) is 8.08. The van der Waals surface area contributed by atoms with Crippen molar-refractivity contribution >= 4 is 21.9 Å². The zero-order valence-corrected chi connectivity index (χ0v) is 12.7. The molecule has 0 atom stereocenters. The molecular formula is C15H16N2O4S. The molecule has 0 saturated heterocycles. The number of nitrogens with two attached hydrogens (primary N) is 1. The molecule has 0 aliphatic heterocycles. The van der Waals surface area contributed by atoms with Crippen LogP contribution >= 0.6 is 0 Å². The van der Waals surface area contributed by atoms with Crippen LogP contribution in [0.15, 0.2) is 52.4 Å². The van der Waals surface area contributed by atoms with E-state index in [0.717, 1.165) is 0 Å². The first-order chi connectivity index (χ1) is 10.4. The number of aliphatic imine (C=N–C) groups is 1. The number of phenols is 1. The number of para-hydroxylation sites is 1. The van der Waals surface area contributed by atoms with Crippen molar-refractivity contribution in [3.05, 3.63) is 48.0 Å². The van der Waals surface area contributed by atoms with Gasteiger partial charge in [-0.3, -0.25) is 4.99 Å². The normalized spacial score (nSPS) is 11.7. The van der Waals surface area contributed by atoms with Crippen molar-refractivity contribution in [3.63, 3.8) is 0 Å². The quantitative estimate of drug-likeness (QED) is 0.824. The fourth-order valence-electron chi connectivity index (χ4n) is 1.80. The lowest BCUT2D eigenvalue weighted by atomic mass is 10.2. The molecule has 0 radical (unpaired) electrons. The van der Waals surface area contributed by atoms with Gasteiger partial charge in [0.2, 0.25) is 10.0 Å². The lowest BCUT2D eigenvalue weighted by Gasteiger charge is -2.07. The third kappa shape index (κ3) is 3.84. The molecule has 0 aliphatic rings. The molecule has 22 heavy (non-hydrogen) atoms. The maximum Gasteiger partial charge on any atom is 0.238 e. The SMILES string of the molecule is CCOc1cccc(C=Nc2cccc(S(N)(=O)=O)c2)c1O. The van der Waals surface area contributed by atoms with Gasteiger partial charge in [0.1, 0.15) is 0 Å². The third-order valence-electron chi connectivity index (χ3n) is 2.83. The van der Waals surface area contributed by atoms with Crippen molar-refractivity contribution in [2.24, 2.45) is 10.1 Å². The highest BCUT2D eigenvalue weighted by molar-refractivity contribution is 7.89. The van der Waals surface area contributed by atoms with Crippen LogP contribution < -0.4 is 9.88 Å². The van der Waals surface area contributed by atoms with E-state index in [-0.39, 0.29) is 10.6 Å². The van der Waals surface area contributed by atoms with Crippen LogP contribution in [-0.2, 0) is 10.0 Å². The minimum absolute atomic E-state index is 0.0179. The lowest BCUT2D eigenvalue weighted by molar-refractivity contribution is 0.318. The molecule has 0 unspecified atom stereocenters. The van der Waals surface area contributed by atoms with E-state index in [2.05, 4.69) is 4.99 Å². The van der Waals surface area contributed by atoms with Crippen molar-refractivity contribution in [2.75, 3.05) is 6.61 Å². The molecule has 2 rings (SSSR count). The fraction of sp³-hybridized carbons (Fsp3) is 0.133. The van der Waals surface area contributed by atoms with Crippen LogP contribution in [0.25, 0.3) is 0 Å². The van der Waals surface area contributed by atoms with Gasteiger partial charge in [0, 0.05) is 11.8 Å². The highest BCUT2D eigenvalue weighted by Gasteiger charge is 2.08. The maximum atomic E-state index is 11.3. The summed E-state index contributed by atoms with van der Waals surface area (Å²) in [6, 6.07) is 11.0. The average Bonchev–Trinajstić information content (AvgIpc) is 2.48. The smallest absolute Gasteiger partial charge is 0.238 e. The van der Waals surface area contributed by atoms with E-state index < -0.39 is 10.0 Å². The summed E-state index contributed by atoms with van der Waals surface area (Å²) in [4.78, 5) is 4.13. The molecule has 0 spiro atoms. The number of hydrogen-bond donors (Lipinski definition) is 2. The van der Waals surface area contributed by atoms with Gasteiger partial charge in [-0.15, -0.1) is 0 Å². The molecule has 2 aromatic rings. The molecule has 0 heterocycles. The number of sulfonamides is 1. The summed E-state index contributed by atoms with van der Waals surface area (Å²) in [5, 5.41) is 15.1. The highest BCUT2D eigenvalue weighted by Crippen LogP contribution is 2.29. The van der Waals surface area contributed by atoms with Crippen LogP contribution in [0.1, 0.15) is 12.5 Å². The minimum atomic E-state index is -3.77. The Bertz CT molecular complexity index is 801. The van der Waals surface area contributed by atoms with E-state index in [1.165, 1.54) is 18.3 Å². The molecule has 116 valence electrons. The zero-order valence-electron chi connectivity index (χ0n) is 11.9. The first-order valence-electron chi connectivity index (χ1n) is 6.53.